The fourth-order valence-corrected chi connectivity index (χ4v) is 1.77. The summed E-state index contributed by atoms with van der Waals surface area (Å²) in [7, 11) is 1.55. The van der Waals surface area contributed by atoms with Gasteiger partial charge in [0, 0.05) is 5.56 Å². The summed E-state index contributed by atoms with van der Waals surface area (Å²) >= 11 is 3.37. The third-order valence-electron chi connectivity index (χ3n) is 1.95. The van der Waals surface area contributed by atoms with Crippen molar-refractivity contribution in [2.24, 2.45) is 5.92 Å². The molecule has 1 aromatic carbocycles. The Labute approximate surface area is 104 Å². The van der Waals surface area contributed by atoms with Crippen LogP contribution in [0.2, 0.25) is 0 Å². The number of hydrogen-bond donors (Lipinski definition) is 0. The molecule has 0 saturated heterocycles. The van der Waals surface area contributed by atoms with Gasteiger partial charge >= 0.3 is 0 Å². The van der Waals surface area contributed by atoms with Gasteiger partial charge in [-0.25, -0.2) is 0 Å². The Kier molecular flexibility index (Phi) is 4.80. The molecule has 1 rings (SSSR count). The van der Waals surface area contributed by atoms with Crippen molar-refractivity contribution in [3.63, 3.8) is 0 Å². The van der Waals surface area contributed by atoms with Crippen molar-refractivity contribution in [2.45, 2.75) is 13.8 Å². The molecule has 0 amide bonds. The molecule has 0 fully saturated rings. The quantitative estimate of drug-likeness (QED) is 0.779. The first kappa shape index (κ1) is 13.0. The molecule has 0 heterocycles. The predicted molar refractivity (Wildman–Crippen MR) is 66.4 cm³/mol. The van der Waals surface area contributed by atoms with E-state index in [9.17, 15) is 4.79 Å². The van der Waals surface area contributed by atoms with E-state index in [0.717, 1.165) is 10.8 Å². The molecule has 0 N–H and O–H groups in total. The van der Waals surface area contributed by atoms with Crippen LogP contribution in [0.3, 0.4) is 0 Å². The normalized spacial score (nSPS) is 10.3. The Bertz CT molecular complexity index is 375. The first-order chi connectivity index (χ1) is 7.58. The average Bonchev–Trinajstić information content (AvgIpc) is 2.26. The number of carbonyl (C=O) groups is 1. The van der Waals surface area contributed by atoms with Crippen LogP contribution in [0.25, 0.3) is 0 Å². The number of carbonyl (C=O) groups excluding carboxylic acids is 1. The van der Waals surface area contributed by atoms with E-state index in [1.807, 2.05) is 0 Å². The second-order valence-corrected chi connectivity index (χ2v) is 4.71. The molecular weight excluding hydrogens is 272 g/mol. The molecule has 16 heavy (non-hydrogen) atoms. The maximum absolute atomic E-state index is 10.7. The summed E-state index contributed by atoms with van der Waals surface area (Å²) in [6.45, 7) is 4.75. The van der Waals surface area contributed by atoms with Gasteiger partial charge < -0.3 is 9.47 Å². The third-order valence-corrected chi connectivity index (χ3v) is 2.54. The minimum absolute atomic E-state index is 0.433. The summed E-state index contributed by atoms with van der Waals surface area (Å²) in [6.07, 6.45) is 0.777. The van der Waals surface area contributed by atoms with Gasteiger partial charge in [0.1, 0.15) is 6.29 Å². The zero-order valence-corrected chi connectivity index (χ0v) is 11.2. The molecule has 1 aromatic rings. The Morgan fingerprint density at radius 3 is 2.62 bits per heavy atom. The molecule has 0 radical (unpaired) electrons. The largest absolute Gasteiger partial charge is 0.493 e. The second kappa shape index (κ2) is 5.89. The van der Waals surface area contributed by atoms with Crippen molar-refractivity contribution in [2.75, 3.05) is 13.7 Å². The summed E-state index contributed by atoms with van der Waals surface area (Å²) in [6, 6.07) is 3.37. The van der Waals surface area contributed by atoms with E-state index >= 15 is 0 Å². The summed E-state index contributed by atoms with van der Waals surface area (Å²) in [5, 5.41) is 0. The van der Waals surface area contributed by atoms with Crippen LogP contribution in [0, 0.1) is 5.92 Å². The number of rotatable bonds is 5. The van der Waals surface area contributed by atoms with E-state index in [-0.39, 0.29) is 0 Å². The Morgan fingerprint density at radius 1 is 1.44 bits per heavy atom. The number of aldehydes is 1. The fraction of sp³-hybridized carbons (Fsp3) is 0.417. The van der Waals surface area contributed by atoms with Crippen molar-refractivity contribution in [3.8, 4) is 11.5 Å². The zero-order valence-electron chi connectivity index (χ0n) is 9.62. The molecule has 88 valence electrons. The second-order valence-electron chi connectivity index (χ2n) is 3.86. The molecule has 0 bridgehead atoms. The van der Waals surface area contributed by atoms with Gasteiger partial charge in [0.25, 0.3) is 0 Å². The van der Waals surface area contributed by atoms with E-state index in [4.69, 9.17) is 9.47 Å². The highest BCUT2D eigenvalue weighted by atomic mass is 79.9. The van der Waals surface area contributed by atoms with Gasteiger partial charge in [0.15, 0.2) is 11.5 Å². The van der Waals surface area contributed by atoms with Gasteiger partial charge in [-0.3, -0.25) is 4.79 Å². The third kappa shape index (κ3) is 3.23. The molecule has 4 heteroatoms. The van der Waals surface area contributed by atoms with Gasteiger partial charge in [0.05, 0.1) is 18.2 Å². The molecule has 0 aromatic heterocycles. The van der Waals surface area contributed by atoms with Crippen LogP contribution >= 0.6 is 15.9 Å². The van der Waals surface area contributed by atoms with E-state index < -0.39 is 0 Å². The minimum Gasteiger partial charge on any atom is -0.493 e. The molecule has 0 aliphatic rings. The Balaban J connectivity index is 3.01. The lowest BCUT2D eigenvalue weighted by atomic mass is 10.2. The van der Waals surface area contributed by atoms with Crippen LogP contribution in [-0.4, -0.2) is 20.0 Å². The molecular formula is C12H15BrO3. The number of methoxy groups -OCH3 is 1. The monoisotopic (exact) mass is 286 g/mol. The lowest BCUT2D eigenvalue weighted by Crippen LogP contribution is -2.06. The molecule has 3 nitrogen and oxygen atoms in total. The molecule has 0 atom stereocenters. The zero-order chi connectivity index (χ0) is 12.1. The summed E-state index contributed by atoms with van der Waals surface area (Å²) in [5.41, 5.74) is 0.556. The van der Waals surface area contributed by atoms with Crippen LogP contribution in [-0.2, 0) is 0 Å². The van der Waals surface area contributed by atoms with Crippen molar-refractivity contribution in [3.05, 3.63) is 22.2 Å². The fourth-order valence-electron chi connectivity index (χ4n) is 1.20. The minimum atomic E-state index is 0.433. The van der Waals surface area contributed by atoms with E-state index in [1.54, 1.807) is 19.2 Å². The number of benzene rings is 1. The van der Waals surface area contributed by atoms with Gasteiger partial charge in [-0.2, -0.15) is 0 Å². The molecule has 0 aliphatic heterocycles. The van der Waals surface area contributed by atoms with Crippen molar-refractivity contribution in [1.82, 2.24) is 0 Å². The van der Waals surface area contributed by atoms with Crippen LogP contribution in [0.4, 0.5) is 0 Å². The first-order valence-corrected chi connectivity index (χ1v) is 5.83. The van der Waals surface area contributed by atoms with Gasteiger partial charge in [0.2, 0.25) is 0 Å². The van der Waals surface area contributed by atoms with E-state index in [2.05, 4.69) is 29.8 Å². The highest BCUT2D eigenvalue weighted by Gasteiger charge is 2.11. The Morgan fingerprint density at radius 2 is 2.12 bits per heavy atom. The van der Waals surface area contributed by atoms with Gasteiger partial charge in [-0.05, 0) is 34.0 Å². The van der Waals surface area contributed by atoms with Crippen LogP contribution in [0.1, 0.15) is 24.2 Å². The van der Waals surface area contributed by atoms with Crippen LogP contribution in [0.15, 0.2) is 16.6 Å². The van der Waals surface area contributed by atoms with E-state index in [0.29, 0.717) is 29.6 Å². The standard InChI is InChI=1S/C12H15BrO3/c1-8(2)7-16-12-10(13)4-9(6-14)5-11(12)15-3/h4-6,8H,7H2,1-3H3. The van der Waals surface area contributed by atoms with Crippen LogP contribution in [0.5, 0.6) is 11.5 Å². The lowest BCUT2D eigenvalue weighted by molar-refractivity contribution is 0.112. The SMILES string of the molecule is COc1cc(C=O)cc(Br)c1OCC(C)C. The van der Waals surface area contributed by atoms with E-state index in [1.165, 1.54) is 0 Å². The number of halogens is 1. The van der Waals surface area contributed by atoms with Crippen molar-refractivity contribution < 1.29 is 14.3 Å². The van der Waals surface area contributed by atoms with Crippen molar-refractivity contribution in [1.29, 1.82) is 0 Å². The smallest absolute Gasteiger partial charge is 0.175 e. The maximum atomic E-state index is 10.7. The average molecular weight is 287 g/mol. The summed E-state index contributed by atoms with van der Waals surface area (Å²) in [5.74, 6) is 1.64. The topological polar surface area (TPSA) is 35.5 Å². The number of hydrogen-bond acceptors (Lipinski definition) is 3. The molecule has 0 saturated carbocycles. The summed E-state index contributed by atoms with van der Waals surface area (Å²) in [4.78, 5) is 10.7. The predicted octanol–water partition coefficient (Wildman–Crippen LogP) is 3.31. The molecule has 0 spiro atoms. The number of ether oxygens (including phenoxy) is 2. The summed E-state index contributed by atoms with van der Waals surface area (Å²) < 4.78 is 11.6. The maximum Gasteiger partial charge on any atom is 0.175 e. The first-order valence-electron chi connectivity index (χ1n) is 5.04. The Hall–Kier alpha value is -1.03. The molecule has 0 aliphatic carbocycles. The highest BCUT2D eigenvalue weighted by Crippen LogP contribution is 2.36. The lowest BCUT2D eigenvalue weighted by Gasteiger charge is -2.14. The van der Waals surface area contributed by atoms with Gasteiger partial charge in [-0.1, -0.05) is 13.8 Å². The molecule has 0 unspecified atom stereocenters. The van der Waals surface area contributed by atoms with Crippen LogP contribution < -0.4 is 9.47 Å². The highest BCUT2D eigenvalue weighted by molar-refractivity contribution is 9.10. The van der Waals surface area contributed by atoms with Gasteiger partial charge in [-0.15, -0.1) is 0 Å². The van der Waals surface area contributed by atoms with Crippen molar-refractivity contribution >= 4 is 22.2 Å².